The van der Waals surface area contributed by atoms with Crippen LogP contribution in [0.4, 0.5) is 13.2 Å². The van der Waals surface area contributed by atoms with Crippen LogP contribution < -0.4 is 5.32 Å². The van der Waals surface area contributed by atoms with Gasteiger partial charge in [-0.25, -0.2) is 0 Å². The highest BCUT2D eigenvalue weighted by Crippen LogP contribution is 2.29. The lowest BCUT2D eigenvalue weighted by molar-refractivity contribution is -0.137. The fraction of sp³-hybridized carbons (Fsp3) is 0.308. The van der Waals surface area contributed by atoms with Crippen molar-refractivity contribution in [3.8, 4) is 0 Å². The molecule has 0 saturated heterocycles. The molecule has 1 aromatic rings. The van der Waals surface area contributed by atoms with Gasteiger partial charge in [0.05, 0.1) is 11.3 Å². The summed E-state index contributed by atoms with van der Waals surface area (Å²) in [4.78, 5) is 4.13. The first-order chi connectivity index (χ1) is 8.43. The Morgan fingerprint density at radius 3 is 2.39 bits per heavy atom. The molecule has 1 aromatic carbocycles. The Morgan fingerprint density at radius 2 is 1.89 bits per heavy atom. The van der Waals surface area contributed by atoms with E-state index in [0.29, 0.717) is 6.42 Å². The van der Waals surface area contributed by atoms with Crippen molar-refractivity contribution in [1.29, 1.82) is 0 Å². The number of hydrogen-bond acceptors (Lipinski definition) is 2. The average Bonchev–Trinajstić information content (AvgIpc) is 2.29. The summed E-state index contributed by atoms with van der Waals surface area (Å²) in [5.74, 6) is 0. The Bertz CT molecular complexity index is 431. The summed E-state index contributed by atoms with van der Waals surface area (Å²) in [6.45, 7) is 1.83. The van der Waals surface area contributed by atoms with Gasteiger partial charge in [-0.15, -0.1) is 0 Å². The number of hydrogen-bond donors (Lipinski definition) is 1. The van der Waals surface area contributed by atoms with Crippen LogP contribution in [0, 0.1) is 0 Å². The molecule has 0 saturated carbocycles. The minimum atomic E-state index is -4.28. The fourth-order valence-electron chi connectivity index (χ4n) is 1.37. The molecule has 0 aliphatic carbocycles. The van der Waals surface area contributed by atoms with Crippen molar-refractivity contribution in [3.05, 3.63) is 47.3 Å². The molecule has 0 bridgehead atoms. The zero-order valence-electron chi connectivity index (χ0n) is 10.3. The van der Waals surface area contributed by atoms with Crippen LogP contribution in [-0.2, 0) is 12.6 Å². The summed E-state index contributed by atoms with van der Waals surface area (Å²) in [6, 6.07) is 5.09. The summed E-state index contributed by atoms with van der Waals surface area (Å²) in [6.07, 6.45) is -0.360. The van der Waals surface area contributed by atoms with Crippen molar-refractivity contribution >= 4 is 6.21 Å². The lowest BCUT2D eigenvalue weighted by Crippen LogP contribution is -2.04. The molecular formula is C13H15F3N2. The molecule has 0 unspecified atom stereocenters. The largest absolute Gasteiger partial charge is 0.416 e. The van der Waals surface area contributed by atoms with E-state index in [0.717, 1.165) is 23.4 Å². The smallest absolute Gasteiger partial charge is 0.393 e. The normalized spacial score (nSPS) is 13.1. The van der Waals surface area contributed by atoms with Crippen LogP contribution in [0.5, 0.6) is 0 Å². The number of nitrogens with zero attached hydrogens (tertiary/aromatic N) is 1. The molecule has 0 amide bonds. The molecule has 0 spiro atoms. The zero-order valence-corrected chi connectivity index (χ0v) is 10.3. The van der Waals surface area contributed by atoms with Gasteiger partial charge in [-0.2, -0.15) is 13.2 Å². The molecule has 0 fully saturated rings. The lowest BCUT2D eigenvalue weighted by Gasteiger charge is -2.06. The molecule has 0 aromatic heterocycles. The zero-order chi connectivity index (χ0) is 13.6. The Balaban J connectivity index is 2.62. The summed E-state index contributed by atoms with van der Waals surface area (Å²) in [5.41, 5.74) is 0.975. The number of rotatable bonds is 4. The van der Waals surface area contributed by atoms with Crippen molar-refractivity contribution in [3.63, 3.8) is 0 Å². The molecule has 0 radical (unpaired) electrons. The molecule has 98 valence electrons. The van der Waals surface area contributed by atoms with Crippen molar-refractivity contribution in [2.45, 2.75) is 19.5 Å². The van der Waals surface area contributed by atoms with Crippen LogP contribution in [0.25, 0.3) is 0 Å². The van der Waals surface area contributed by atoms with Crippen molar-refractivity contribution in [2.24, 2.45) is 4.99 Å². The molecule has 2 nitrogen and oxygen atoms in total. The summed E-state index contributed by atoms with van der Waals surface area (Å²) in [7, 11) is 1.77. The standard InChI is InChI=1S/C13H15F3N2/c1-10(9-17-2)18-8-7-11-3-5-12(6-4-11)13(14,15)16/h3-6,8-9,17H,7H2,1-2H3/b10-9-,18-8?. The molecule has 0 heterocycles. The highest BCUT2D eigenvalue weighted by Gasteiger charge is 2.29. The van der Waals surface area contributed by atoms with Gasteiger partial charge in [-0.05, 0) is 24.6 Å². The van der Waals surface area contributed by atoms with Gasteiger partial charge >= 0.3 is 6.18 Å². The molecule has 1 rings (SSSR count). The van der Waals surface area contributed by atoms with Gasteiger partial charge in [0.25, 0.3) is 0 Å². The molecule has 0 aliphatic rings. The van der Waals surface area contributed by atoms with E-state index in [1.165, 1.54) is 12.1 Å². The third-order valence-corrected chi connectivity index (χ3v) is 2.26. The average molecular weight is 256 g/mol. The summed E-state index contributed by atoms with van der Waals surface area (Å²) < 4.78 is 37.0. The number of allylic oxidation sites excluding steroid dienone is 1. The van der Waals surface area contributed by atoms with E-state index < -0.39 is 11.7 Å². The predicted molar refractivity (Wildman–Crippen MR) is 66.5 cm³/mol. The minimum absolute atomic E-state index is 0.507. The van der Waals surface area contributed by atoms with E-state index in [1.807, 2.05) is 6.92 Å². The van der Waals surface area contributed by atoms with Gasteiger partial charge < -0.3 is 5.32 Å². The van der Waals surface area contributed by atoms with Gasteiger partial charge in [-0.1, -0.05) is 12.1 Å². The topological polar surface area (TPSA) is 24.4 Å². The quantitative estimate of drug-likeness (QED) is 0.820. The fourth-order valence-corrected chi connectivity index (χ4v) is 1.37. The first-order valence-corrected chi connectivity index (χ1v) is 5.46. The van der Waals surface area contributed by atoms with Crippen LogP contribution in [0.1, 0.15) is 18.1 Å². The van der Waals surface area contributed by atoms with E-state index >= 15 is 0 Å². The van der Waals surface area contributed by atoms with E-state index in [4.69, 9.17) is 0 Å². The predicted octanol–water partition coefficient (Wildman–Crippen LogP) is 3.40. The van der Waals surface area contributed by atoms with Gasteiger partial charge in [-0.3, -0.25) is 4.99 Å². The number of halogens is 3. The molecule has 0 aliphatic heterocycles. The maximum absolute atomic E-state index is 12.3. The van der Waals surface area contributed by atoms with Gasteiger partial charge in [0.15, 0.2) is 0 Å². The molecule has 18 heavy (non-hydrogen) atoms. The van der Waals surface area contributed by atoms with Crippen molar-refractivity contribution in [1.82, 2.24) is 5.32 Å². The van der Waals surface area contributed by atoms with Crippen molar-refractivity contribution in [2.75, 3.05) is 7.05 Å². The van der Waals surface area contributed by atoms with E-state index in [-0.39, 0.29) is 0 Å². The maximum Gasteiger partial charge on any atom is 0.416 e. The Morgan fingerprint density at radius 1 is 1.28 bits per heavy atom. The van der Waals surface area contributed by atoms with Crippen LogP contribution >= 0.6 is 0 Å². The maximum atomic E-state index is 12.3. The van der Waals surface area contributed by atoms with Gasteiger partial charge in [0.1, 0.15) is 0 Å². The van der Waals surface area contributed by atoms with Crippen molar-refractivity contribution < 1.29 is 13.2 Å². The second-order valence-electron chi connectivity index (χ2n) is 3.78. The Kier molecular flexibility index (Phi) is 4.95. The van der Waals surface area contributed by atoms with E-state index in [9.17, 15) is 13.2 Å². The third kappa shape index (κ3) is 4.61. The Hall–Kier alpha value is -1.78. The van der Waals surface area contributed by atoms with Crippen LogP contribution in [0.2, 0.25) is 0 Å². The monoisotopic (exact) mass is 256 g/mol. The molecule has 5 heteroatoms. The van der Waals surface area contributed by atoms with E-state index in [2.05, 4.69) is 10.3 Å². The number of nitrogens with one attached hydrogen (secondary N) is 1. The first-order valence-electron chi connectivity index (χ1n) is 5.46. The Labute approximate surface area is 104 Å². The van der Waals surface area contributed by atoms with E-state index in [1.54, 1.807) is 19.5 Å². The summed E-state index contributed by atoms with van der Waals surface area (Å²) >= 11 is 0. The highest BCUT2D eigenvalue weighted by molar-refractivity contribution is 5.62. The first kappa shape index (κ1) is 14.3. The van der Waals surface area contributed by atoms with Crippen LogP contribution in [-0.4, -0.2) is 13.3 Å². The second-order valence-corrected chi connectivity index (χ2v) is 3.78. The summed E-state index contributed by atoms with van der Waals surface area (Å²) in [5, 5.41) is 2.84. The van der Waals surface area contributed by atoms with Crippen LogP contribution in [0.15, 0.2) is 41.2 Å². The number of alkyl halides is 3. The second kappa shape index (κ2) is 6.23. The van der Waals surface area contributed by atoms with Crippen LogP contribution in [0.3, 0.4) is 0 Å². The lowest BCUT2D eigenvalue weighted by atomic mass is 10.1. The highest BCUT2D eigenvalue weighted by atomic mass is 19.4. The molecule has 0 atom stereocenters. The SMILES string of the molecule is CN/C=C(/C)N=CCc1ccc(C(F)(F)F)cc1. The molecular weight excluding hydrogens is 241 g/mol. The minimum Gasteiger partial charge on any atom is -0.393 e. The van der Waals surface area contributed by atoms with Gasteiger partial charge in [0, 0.05) is 25.9 Å². The third-order valence-electron chi connectivity index (χ3n) is 2.26. The number of benzene rings is 1. The molecule has 1 N–H and O–H groups in total. The van der Waals surface area contributed by atoms with Gasteiger partial charge in [0.2, 0.25) is 0 Å². The number of aliphatic imine (C=N–C) groups is 1.